The molecule has 1 heterocycles. The number of carbonyl (C=O) groups is 3. The van der Waals surface area contributed by atoms with E-state index in [2.05, 4.69) is 12.6 Å². The predicted octanol–water partition coefficient (Wildman–Crippen LogP) is 0.985. The van der Waals surface area contributed by atoms with Crippen LogP contribution in [0.5, 0.6) is 0 Å². The van der Waals surface area contributed by atoms with Crippen LogP contribution in [0.2, 0.25) is 0 Å². The zero-order valence-electron chi connectivity index (χ0n) is 10.1. The van der Waals surface area contributed by atoms with E-state index < -0.39 is 23.8 Å². The van der Waals surface area contributed by atoms with E-state index in [1.807, 2.05) is 0 Å². The smallest absolute Gasteiger partial charge is 0.327 e. The molecule has 2 rings (SSSR count). The first kappa shape index (κ1) is 13.6. The first-order valence-corrected chi connectivity index (χ1v) is 6.47. The van der Waals surface area contributed by atoms with Crippen LogP contribution in [0.15, 0.2) is 24.3 Å². The summed E-state index contributed by atoms with van der Waals surface area (Å²) in [6.07, 6.45) is 0.191. The molecule has 1 aliphatic rings. The molecule has 19 heavy (non-hydrogen) atoms. The van der Waals surface area contributed by atoms with Gasteiger partial charge in [-0.05, 0) is 17.4 Å². The molecular weight excluding hydrogens is 266 g/mol. The van der Waals surface area contributed by atoms with Gasteiger partial charge < -0.3 is 5.11 Å². The molecular formula is C13H13NO4S. The monoisotopic (exact) mass is 279 g/mol. The maximum atomic E-state index is 12.3. The van der Waals surface area contributed by atoms with Crippen LogP contribution in [-0.2, 0) is 16.0 Å². The maximum absolute atomic E-state index is 12.3. The van der Waals surface area contributed by atoms with Crippen molar-refractivity contribution in [2.45, 2.75) is 18.9 Å². The second-order valence-corrected chi connectivity index (χ2v) is 4.71. The van der Waals surface area contributed by atoms with E-state index >= 15 is 0 Å². The van der Waals surface area contributed by atoms with Crippen molar-refractivity contribution < 1.29 is 19.5 Å². The summed E-state index contributed by atoms with van der Waals surface area (Å²) >= 11 is 3.94. The van der Waals surface area contributed by atoms with Crippen LogP contribution >= 0.6 is 12.6 Å². The average molecular weight is 279 g/mol. The minimum atomic E-state index is -1.17. The fourth-order valence-corrected chi connectivity index (χ4v) is 2.37. The molecule has 0 spiro atoms. The number of aliphatic carboxylic acids is 1. The Hall–Kier alpha value is -1.82. The molecule has 0 saturated carbocycles. The highest BCUT2D eigenvalue weighted by atomic mass is 32.1. The van der Waals surface area contributed by atoms with Crippen LogP contribution in [0.4, 0.5) is 0 Å². The van der Waals surface area contributed by atoms with Crippen molar-refractivity contribution in [3.63, 3.8) is 0 Å². The number of benzene rings is 1. The molecule has 1 aliphatic heterocycles. The number of fused-ring (bicyclic) bond motifs is 1. The van der Waals surface area contributed by atoms with E-state index in [4.69, 9.17) is 0 Å². The number of carbonyl (C=O) groups excluding carboxylic acids is 2. The van der Waals surface area contributed by atoms with Crippen LogP contribution in [0.3, 0.4) is 0 Å². The van der Waals surface area contributed by atoms with Gasteiger partial charge in [-0.3, -0.25) is 14.5 Å². The van der Waals surface area contributed by atoms with Crippen LogP contribution in [-0.4, -0.2) is 39.6 Å². The van der Waals surface area contributed by atoms with Crippen molar-refractivity contribution in [3.8, 4) is 0 Å². The molecule has 1 aromatic carbocycles. The number of thiol groups is 1. The number of imide groups is 1. The SMILES string of the molecule is O=C(O)C1Cc2ccccc2C(=O)N1C(=O)CCS. The second-order valence-electron chi connectivity index (χ2n) is 4.26. The van der Waals surface area contributed by atoms with Crippen molar-refractivity contribution in [2.24, 2.45) is 0 Å². The van der Waals surface area contributed by atoms with Gasteiger partial charge in [-0.15, -0.1) is 0 Å². The summed E-state index contributed by atoms with van der Waals surface area (Å²) in [5.74, 6) is -1.94. The number of hydrogen-bond acceptors (Lipinski definition) is 4. The topological polar surface area (TPSA) is 74.7 Å². The Bertz CT molecular complexity index is 543. The molecule has 0 fully saturated rings. The summed E-state index contributed by atoms with van der Waals surface area (Å²) < 4.78 is 0. The van der Waals surface area contributed by atoms with Crippen LogP contribution in [0, 0.1) is 0 Å². The number of hydrogen-bond donors (Lipinski definition) is 2. The van der Waals surface area contributed by atoms with Gasteiger partial charge in [0, 0.05) is 18.4 Å². The molecule has 1 N–H and O–H groups in total. The third-order valence-corrected chi connectivity index (χ3v) is 3.29. The van der Waals surface area contributed by atoms with Crippen LogP contribution in [0.25, 0.3) is 0 Å². The van der Waals surface area contributed by atoms with E-state index in [9.17, 15) is 19.5 Å². The van der Waals surface area contributed by atoms with Gasteiger partial charge >= 0.3 is 5.97 Å². The normalized spacial score (nSPS) is 18.1. The lowest BCUT2D eigenvalue weighted by atomic mass is 9.93. The lowest BCUT2D eigenvalue weighted by Gasteiger charge is -2.32. The van der Waals surface area contributed by atoms with E-state index in [0.29, 0.717) is 11.1 Å². The summed E-state index contributed by atoms with van der Waals surface area (Å²) in [5.41, 5.74) is 1.06. The molecule has 0 aromatic heterocycles. The molecule has 1 unspecified atom stereocenters. The van der Waals surface area contributed by atoms with Gasteiger partial charge in [0.25, 0.3) is 5.91 Å². The van der Waals surface area contributed by atoms with Crippen molar-refractivity contribution in [2.75, 3.05) is 5.75 Å². The molecule has 0 aliphatic carbocycles. The van der Waals surface area contributed by atoms with Crippen molar-refractivity contribution in [1.29, 1.82) is 0 Å². The summed E-state index contributed by atoms with van der Waals surface area (Å²) in [4.78, 5) is 36.3. The van der Waals surface area contributed by atoms with Crippen molar-refractivity contribution in [3.05, 3.63) is 35.4 Å². The van der Waals surface area contributed by atoms with E-state index in [1.165, 1.54) is 0 Å². The Balaban J connectivity index is 2.43. The second kappa shape index (κ2) is 5.44. The molecule has 1 atom stereocenters. The summed E-state index contributed by atoms with van der Waals surface area (Å²) in [6, 6.07) is 5.63. The Morgan fingerprint density at radius 2 is 2.05 bits per heavy atom. The van der Waals surface area contributed by atoms with Gasteiger partial charge in [-0.2, -0.15) is 12.6 Å². The number of rotatable bonds is 3. The first-order chi connectivity index (χ1) is 9.06. The third-order valence-electron chi connectivity index (χ3n) is 3.07. The van der Waals surface area contributed by atoms with Crippen molar-refractivity contribution >= 4 is 30.4 Å². The molecule has 1 aromatic rings. The van der Waals surface area contributed by atoms with E-state index in [1.54, 1.807) is 24.3 Å². The number of carboxylic acid groups (broad SMARTS) is 1. The Kier molecular flexibility index (Phi) is 3.90. The molecule has 0 saturated heterocycles. The standard InChI is InChI=1S/C13H13NO4S/c15-11(5-6-19)14-10(13(17)18)7-8-3-1-2-4-9(8)12(14)16/h1-4,10,19H,5-7H2,(H,17,18). The number of nitrogens with zero attached hydrogens (tertiary/aromatic N) is 1. The lowest BCUT2D eigenvalue weighted by molar-refractivity contribution is -0.148. The highest BCUT2D eigenvalue weighted by Gasteiger charge is 2.39. The van der Waals surface area contributed by atoms with E-state index in [0.717, 1.165) is 4.90 Å². The molecule has 5 nitrogen and oxygen atoms in total. The highest BCUT2D eigenvalue weighted by Crippen LogP contribution is 2.24. The lowest BCUT2D eigenvalue weighted by Crippen LogP contribution is -2.52. The zero-order valence-corrected chi connectivity index (χ0v) is 11.0. The Morgan fingerprint density at radius 1 is 1.37 bits per heavy atom. The van der Waals surface area contributed by atoms with Gasteiger partial charge in [0.15, 0.2) is 0 Å². The molecule has 0 radical (unpaired) electrons. The van der Waals surface area contributed by atoms with Gasteiger partial charge in [0.2, 0.25) is 5.91 Å². The first-order valence-electron chi connectivity index (χ1n) is 5.84. The van der Waals surface area contributed by atoms with Gasteiger partial charge in [-0.25, -0.2) is 4.79 Å². The molecule has 0 bridgehead atoms. The highest BCUT2D eigenvalue weighted by molar-refractivity contribution is 7.80. The fourth-order valence-electron chi connectivity index (χ4n) is 2.18. The van der Waals surface area contributed by atoms with Crippen molar-refractivity contribution in [1.82, 2.24) is 4.90 Å². The number of amides is 2. The summed E-state index contributed by atoms with van der Waals surface area (Å²) in [6.45, 7) is 0. The minimum Gasteiger partial charge on any atom is -0.480 e. The predicted molar refractivity (Wildman–Crippen MR) is 71.2 cm³/mol. The largest absolute Gasteiger partial charge is 0.480 e. The summed E-state index contributed by atoms with van der Waals surface area (Å²) in [5, 5.41) is 9.20. The van der Waals surface area contributed by atoms with E-state index in [-0.39, 0.29) is 18.6 Å². The van der Waals surface area contributed by atoms with Crippen LogP contribution in [0.1, 0.15) is 22.3 Å². The molecule has 100 valence electrons. The van der Waals surface area contributed by atoms with Gasteiger partial charge in [0.1, 0.15) is 6.04 Å². The molecule has 2 amide bonds. The zero-order chi connectivity index (χ0) is 14.0. The fraction of sp³-hybridized carbons (Fsp3) is 0.308. The third kappa shape index (κ3) is 2.49. The van der Waals surface area contributed by atoms with Gasteiger partial charge in [0.05, 0.1) is 0 Å². The quantitative estimate of drug-likeness (QED) is 0.809. The molecule has 6 heteroatoms. The Labute approximate surface area is 115 Å². The minimum absolute atomic E-state index is 0.0425. The summed E-state index contributed by atoms with van der Waals surface area (Å²) in [7, 11) is 0. The number of carboxylic acids is 1. The van der Waals surface area contributed by atoms with Crippen LogP contribution < -0.4 is 0 Å². The average Bonchev–Trinajstić information content (AvgIpc) is 2.38. The Morgan fingerprint density at radius 3 is 2.68 bits per heavy atom. The maximum Gasteiger partial charge on any atom is 0.327 e. The van der Waals surface area contributed by atoms with Gasteiger partial charge in [-0.1, -0.05) is 18.2 Å².